The minimum Gasteiger partial charge on any atom is -0.493 e. The predicted octanol–water partition coefficient (Wildman–Crippen LogP) is 3.38. The van der Waals surface area contributed by atoms with Gasteiger partial charge >= 0.3 is 0 Å². The van der Waals surface area contributed by atoms with Crippen LogP contribution in [0.5, 0.6) is 17.2 Å². The van der Waals surface area contributed by atoms with Gasteiger partial charge < -0.3 is 19.5 Å². The molecule has 0 unspecified atom stereocenters. The van der Waals surface area contributed by atoms with E-state index in [0.717, 1.165) is 18.4 Å². The van der Waals surface area contributed by atoms with Crippen LogP contribution in [-0.2, 0) is 11.3 Å². The molecule has 156 valence electrons. The summed E-state index contributed by atoms with van der Waals surface area (Å²) < 4.78 is 17.2. The SMILES string of the molecule is COc1cccc(CNC(=O)[C@@H]2[C@H]3CC[C@@]4(CC(=O)c5ccccc5O4)[C@@H]32)c1OC. The average molecular weight is 407 g/mol. The molecular formula is C24H25NO5. The number of methoxy groups -OCH3 is 2. The van der Waals surface area contributed by atoms with Gasteiger partial charge in [-0.1, -0.05) is 24.3 Å². The van der Waals surface area contributed by atoms with Crippen LogP contribution < -0.4 is 19.5 Å². The van der Waals surface area contributed by atoms with Gasteiger partial charge in [0, 0.05) is 23.9 Å². The summed E-state index contributed by atoms with van der Waals surface area (Å²) in [5, 5.41) is 3.05. The molecule has 2 aromatic rings. The zero-order valence-electron chi connectivity index (χ0n) is 17.1. The van der Waals surface area contributed by atoms with E-state index < -0.39 is 5.60 Å². The number of carbonyl (C=O) groups is 2. The Labute approximate surface area is 175 Å². The summed E-state index contributed by atoms with van der Waals surface area (Å²) in [6.07, 6.45) is 2.11. The highest BCUT2D eigenvalue weighted by Gasteiger charge is 2.70. The topological polar surface area (TPSA) is 73.9 Å². The Balaban J connectivity index is 1.29. The van der Waals surface area contributed by atoms with Crippen molar-refractivity contribution < 1.29 is 23.8 Å². The fourth-order valence-corrected chi connectivity index (χ4v) is 5.51. The van der Waals surface area contributed by atoms with Crippen molar-refractivity contribution >= 4 is 11.7 Å². The number of para-hydroxylation sites is 2. The fraction of sp³-hybridized carbons (Fsp3) is 0.417. The van der Waals surface area contributed by atoms with Crippen LogP contribution in [-0.4, -0.2) is 31.5 Å². The highest BCUT2D eigenvalue weighted by Crippen LogP contribution is 2.65. The van der Waals surface area contributed by atoms with Crippen LogP contribution in [0.25, 0.3) is 0 Å². The lowest BCUT2D eigenvalue weighted by Crippen LogP contribution is -2.44. The van der Waals surface area contributed by atoms with E-state index in [9.17, 15) is 9.59 Å². The number of hydrogen-bond donors (Lipinski definition) is 1. The van der Waals surface area contributed by atoms with Crippen molar-refractivity contribution in [3.8, 4) is 17.2 Å². The van der Waals surface area contributed by atoms with Gasteiger partial charge in [-0.15, -0.1) is 0 Å². The third kappa shape index (κ3) is 2.85. The quantitative estimate of drug-likeness (QED) is 0.823. The minimum atomic E-state index is -0.536. The number of rotatable bonds is 5. The summed E-state index contributed by atoms with van der Waals surface area (Å²) in [6, 6.07) is 13.0. The Bertz CT molecular complexity index is 1020. The van der Waals surface area contributed by atoms with Gasteiger partial charge in [-0.3, -0.25) is 9.59 Å². The molecule has 2 fully saturated rings. The molecule has 2 saturated carbocycles. The number of carbonyl (C=O) groups excluding carboxylic acids is 2. The summed E-state index contributed by atoms with van der Waals surface area (Å²) >= 11 is 0. The van der Waals surface area contributed by atoms with Crippen LogP contribution in [0.3, 0.4) is 0 Å². The van der Waals surface area contributed by atoms with Gasteiger partial charge in [0.15, 0.2) is 17.3 Å². The second-order valence-corrected chi connectivity index (χ2v) is 8.39. The standard InChI is InChI=1S/C24H25NO5/c1-28-19-9-5-6-14(22(19)29-2)13-25-23(27)20-16-10-11-24(21(16)20)12-17(26)15-7-3-4-8-18(15)30-24/h3-9,16,20-21H,10-13H2,1-2H3,(H,25,27)/t16-,20-,21+,24-/m1/s1. The Morgan fingerprint density at radius 3 is 2.80 bits per heavy atom. The normalized spacial score (nSPS) is 28.3. The second-order valence-electron chi connectivity index (χ2n) is 8.39. The first kappa shape index (κ1) is 19.0. The van der Waals surface area contributed by atoms with Crippen molar-refractivity contribution in [1.82, 2.24) is 5.32 Å². The lowest BCUT2D eigenvalue weighted by Gasteiger charge is -2.37. The highest BCUT2D eigenvalue weighted by atomic mass is 16.5. The molecule has 0 saturated heterocycles. The van der Waals surface area contributed by atoms with Crippen LogP contribution in [0.15, 0.2) is 42.5 Å². The van der Waals surface area contributed by atoms with Gasteiger partial charge in [0.1, 0.15) is 11.4 Å². The van der Waals surface area contributed by atoms with Crippen molar-refractivity contribution in [3.05, 3.63) is 53.6 Å². The van der Waals surface area contributed by atoms with Crippen LogP contribution in [0.1, 0.15) is 35.2 Å². The number of ketones is 1. The fourth-order valence-electron chi connectivity index (χ4n) is 5.51. The van der Waals surface area contributed by atoms with Gasteiger partial charge in [0.25, 0.3) is 0 Å². The van der Waals surface area contributed by atoms with Crippen LogP contribution in [0, 0.1) is 17.8 Å². The molecule has 2 aliphatic carbocycles. The number of nitrogens with one attached hydrogen (secondary N) is 1. The first-order valence-electron chi connectivity index (χ1n) is 10.4. The lowest BCUT2D eigenvalue weighted by molar-refractivity contribution is -0.124. The largest absolute Gasteiger partial charge is 0.493 e. The Morgan fingerprint density at radius 2 is 2.00 bits per heavy atom. The zero-order chi connectivity index (χ0) is 20.9. The molecule has 1 spiro atoms. The van der Waals surface area contributed by atoms with E-state index in [1.165, 1.54) is 0 Å². The molecule has 1 N–H and O–H groups in total. The van der Waals surface area contributed by atoms with Crippen LogP contribution in [0.2, 0.25) is 0 Å². The van der Waals surface area contributed by atoms with E-state index in [1.54, 1.807) is 14.2 Å². The number of ether oxygens (including phenoxy) is 3. The number of amides is 1. The van der Waals surface area contributed by atoms with Gasteiger partial charge in [-0.25, -0.2) is 0 Å². The highest BCUT2D eigenvalue weighted by molar-refractivity contribution is 6.00. The molecule has 6 heteroatoms. The molecule has 1 amide bonds. The van der Waals surface area contributed by atoms with Crippen molar-refractivity contribution in [3.63, 3.8) is 0 Å². The molecule has 3 aliphatic rings. The maximum Gasteiger partial charge on any atom is 0.224 e. The van der Waals surface area contributed by atoms with E-state index in [1.807, 2.05) is 42.5 Å². The average Bonchev–Trinajstić information content (AvgIpc) is 3.42. The van der Waals surface area contributed by atoms with E-state index in [0.29, 0.717) is 35.8 Å². The van der Waals surface area contributed by atoms with E-state index in [4.69, 9.17) is 14.2 Å². The number of hydrogen-bond acceptors (Lipinski definition) is 5. The summed E-state index contributed by atoms with van der Waals surface area (Å²) in [5.74, 6) is 2.34. The van der Waals surface area contributed by atoms with Crippen LogP contribution >= 0.6 is 0 Å². The maximum absolute atomic E-state index is 13.0. The molecule has 6 nitrogen and oxygen atoms in total. The predicted molar refractivity (Wildman–Crippen MR) is 110 cm³/mol. The first-order chi connectivity index (χ1) is 14.6. The van der Waals surface area contributed by atoms with E-state index >= 15 is 0 Å². The molecule has 5 rings (SSSR count). The number of fused-ring (bicyclic) bond motifs is 3. The minimum absolute atomic E-state index is 0.0175. The molecule has 0 aromatic heterocycles. The van der Waals surface area contributed by atoms with Gasteiger partial charge in [0.05, 0.1) is 26.2 Å². The van der Waals surface area contributed by atoms with Crippen molar-refractivity contribution in [2.24, 2.45) is 17.8 Å². The zero-order valence-corrected chi connectivity index (χ0v) is 17.1. The first-order valence-corrected chi connectivity index (χ1v) is 10.4. The molecule has 1 aliphatic heterocycles. The third-order valence-electron chi connectivity index (χ3n) is 6.88. The Hall–Kier alpha value is -3.02. The molecule has 2 aromatic carbocycles. The Morgan fingerprint density at radius 1 is 1.17 bits per heavy atom. The summed E-state index contributed by atoms with van der Waals surface area (Å²) in [4.78, 5) is 25.7. The van der Waals surface area contributed by atoms with Gasteiger partial charge in [-0.2, -0.15) is 0 Å². The molecule has 0 radical (unpaired) electrons. The number of Topliss-reactive ketones (excluding diaryl/α,β-unsaturated/α-hetero) is 1. The van der Waals surface area contributed by atoms with E-state index in [2.05, 4.69) is 5.32 Å². The van der Waals surface area contributed by atoms with Gasteiger partial charge in [-0.05, 0) is 37.0 Å². The van der Waals surface area contributed by atoms with E-state index in [-0.39, 0.29) is 29.4 Å². The van der Waals surface area contributed by atoms with Crippen LogP contribution in [0.4, 0.5) is 0 Å². The maximum atomic E-state index is 13.0. The van der Waals surface area contributed by atoms with Gasteiger partial charge in [0.2, 0.25) is 5.91 Å². The molecule has 1 heterocycles. The summed E-state index contributed by atoms with van der Waals surface area (Å²) in [6.45, 7) is 0.366. The molecule has 30 heavy (non-hydrogen) atoms. The van der Waals surface area contributed by atoms with Crippen molar-refractivity contribution in [2.75, 3.05) is 14.2 Å². The second kappa shape index (κ2) is 7.04. The smallest absolute Gasteiger partial charge is 0.224 e. The molecule has 4 atom stereocenters. The van der Waals surface area contributed by atoms with Crippen molar-refractivity contribution in [2.45, 2.75) is 31.4 Å². The third-order valence-corrected chi connectivity index (χ3v) is 6.88. The molecule has 0 bridgehead atoms. The summed E-state index contributed by atoms with van der Waals surface area (Å²) in [7, 11) is 3.18. The monoisotopic (exact) mass is 407 g/mol. The summed E-state index contributed by atoms with van der Waals surface area (Å²) in [5.41, 5.74) is 0.980. The molecular weight excluding hydrogens is 382 g/mol. The number of benzene rings is 2. The lowest BCUT2D eigenvalue weighted by atomic mass is 9.84. The van der Waals surface area contributed by atoms with Crippen molar-refractivity contribution in [1.29, 1.82) is 0 Å². The Kier molecular flexibility index (Phi) is 4.45.